The summed E-state index contributed by atoms with van der Waals surface area (Å²) in [5.41, 5.74) is 1.25. The highest BCUT2D eigenvalue weighted by Crippen LogP contribution is 2.23. The van der Waals surface area contributed by atoms with Gasteiger partial charge in [0.1, 0.15) is 5.15 Å². The number of aromatic amines is 1. The van der Waals surface area contributed by atoms with Crippen LogP contribution in [0.4, 0.5) is 0 Å². The molecule has 5 heteroatoms. The van der Waals surface area contributed by atoms with Crippen LogP contribution in [-0.4, -0.2) is 14.5 Å². The van der Waals surface area contributed by atoms with E-state index in [1.807, 2.05) is 30.3 Å². The molecule has 3 rings (SSSR count). The van der Waals surface area contributed by atoms with Gasteiger partial charge in [0.05, 0.1) is 11.7 Å². The van der Waals surface area contributed by atoms with E-state index >= 15 is 0 Å². The molecule has 0 bridgehead atoms. The van der Waals surface area contributed by atoms with Gasteiger partial charge in [-0.15, -0.1) is 0 Å². The van der Waals surface area contributed by atoms with Gasteiger partial charge in [-0.1, -0.05) is 29.8 Å². The average Bonchev–Trinajstić information content (AvgIpc) is 2.68. The van der Waals surface area contributed by atoms with Gasteiger partial charge in [0.25, 0.3) is 5.56 Å². The zero-order chi connectivity index (χ0) is 11.8. The summed E-state index contributed by atoms with van der Waals surface area (Å²) in [4.78, 5) is 18.3. The molecule has 1 N–H and O–H groups in total. The van der Waals surface area contributed by atoms with Crippen LogP contribution in [0, 0.1) is 0 Å². The molecule has 0 aliphatic carbocycles. The highest BCUT2D eigenvalue weighted by molar-refractivity contribution is 6.31. The Labute approximate surface area is 101 Å². The predicted molar refractivity (Wildman–Crippen MR) is 66.7 cm³/mol. The quantitative estimate of drug-likeness (QED) is 0.716. The number of rotatable bonds is 1. The molecule has 0 aliphatic rings. The molecule has 4 nitrogen and oxygen atoms in total. The Kier molecular flexibility index (Phi) is 2.23. The number of fused-ring (bicyclic) bond motifs is 1. The van der Waals surface area contributed by atoms with Crippen molar-refractivity contribution in [2.45, 2.75) is 0 Å². The van der Waals surface area contributed by atoms with Crippen molar-refractivity contribution in [3.8, 4) is 5.69 Å². The van der Waals surface area contributed by atoms with E-state index < -0.39 is 0 Å². The number of aromatic nitrogens is 3. The smallest absolute Gasteiger partial charge is 0.260 e. The number of nitrogens with one attached hydrogen (secondary N) is 1. The van der Waals surface area contributed by atoms with Crippen molar-refractivity contribution in [1.29, 1.82) is 0 Å². The average molecular weight is 246 g/mol. The van der Waals surface area contributed by atoms with Crippen LogP contribution in [0.15, 0.2) is 47.5 Å². The first-order valence-corrected chi connectivity index (χ1v) is 5.45. The van der Waals surface area contributed by atoms with Gasteiger partial charge in [-0.2, -0.15) is 0 Å². The first-order valence-electron chi connectivity index (χ1n) is 5.07. The second-order valence-electron chi connectivity index (χ2n) is 3.61. The van der Waals surface area contributed by atoms with Crippen molar-refractivity contribution in [2.24, 2.45) is 0 Å². The van der Waals surface area contributed by atoms with Gasteiger partial charge in [-0.25, -0.2) is 4.98 Å². The summed E-state index contributed by atoms with van der Waals surface area (Å²) in [6, 6.07) is 11.2. The molecule has 3 aromatic rings. The SMILES string of the molecule is O=c1[nH]cnc2c1cc(Cl)n2-c1ccccc1. The van der Waals surface area contributed by atoms with E-state index in [0.29, 0.717) is 16.2 Å². The third-order valence-electron chi connectivity index (χ3n) is 2.57. The van der Waals surface area contributed by atoms with Crippen LogP contribution in [0.2, 0.25) is 5.15 Å². The zero-order valence-corrected chi connectivity index (χ0v) is 9.48. The Morgan fingerprint density at radius 2 is 2.00 bits per heavy atom. The third-order valence-corrected chi connectivity index (χ3v) is 2.85. The number of hydrogen-bond acceptors (Lipinski definition) is 2. The van der Waals surface area contributed by atoms with Crippen molar-refractivity contribution in [3.05, 3.63) is 58.2 Å². The summed E-state index contributed by atoms with van der Waals surface area (Å²) in [5.74, 6) is 0. The lowest BCUT2D eigenvalue weighted by Crippen LogP contribution is -2.06. The highest BCUT2D eigenvalue weighted by atomic mass is 35.5. The van der Waals surface area contributed by atoms with Crippen molar-refractivity contribution < 1.29 is 0 Å². The van der Waals surface area contributed by atoms with Gasteiger partial charge in [0.2, 0.25) is 0 Å². The largest absolute Gasteiger partial charge is 0.313 e. The fourth-order valence-electron chi connectivity index (χ4n) is 1.82. The minimum atomic E-state index is -0.188. The maximum absolute atomic E-state index is 11.6. The predicted octanol–water partition coefficient (Wildman–Crippen LogP) is 2.37. The normalized spacial score (nSPS) is 10.9. The molecule has 2 aromatic heterocycles. The van der Waals surface area contributed by atoms with Crippen LogP contribution in [-0.2, 0) is 0 Å². The third kappa shape index (κ3) is 1.54. The van der Waals surface area contributed by atoms with E-state index in [-0.39, 0.29) is 5.56 Å². The lowest BCUT2D eigenvalue weighted by atomic mass is 10.3. The molecule has 0 unspecified atom stereocenters. The first kappa shape index (κ1) is 10.1. The minimum Gasteiger partial charge on any atom is -0.313 e. The summed E-state index contributed by atoms with van der Waals surface area (Å²) >= 11 is 6.14. The fourth-order valence-corrected chi connectivity index (χ4v) is 2.10. The second-order valence-corrected chi connectivity index (χ2v) is 3.99. The second kappa shape index (κ2) is 3.75. The van der Waals surface area contributed by atoms with Crippen LogP contribution in [0.5, 0.6) is 0 Å². The van der Waals surface area contributed by atoms with E-state index in [4.69, 9.17) is 11.6 Å². The van der Waals surface area contributed by atoms with Gasteiger partial charge in [-0.3, -0.25) is 9.36 Å². The Morgan fingerprint density at radius 3 is 2.76 bits per heavy atom. The molecule has 1 aromatic carbocycles. The molecule has 0 saturated heterocycles. The van der Waals surface area contributed by atoms with Crippen molar-refractivity contribution in [3.63, 3.8) is 0 Å². The molecule has 2 heterocycles. The molecule has 0 aliphatic heterocycles. The van der Waals surface area contributed by atoms with Crippen molar-refractivity contribution in [2.75, 3.05) is 0 Å². The van der Waals surface area contributed by atoms with E-state index in [1.165, 1.54) is 6.33 Å². The summed E-state index contributed by atoms with van der Waals surface area (Å²) < 4.78 is 1.74. The maximum Gasteiger partial charge on any atom is 0.260 e. The molecule has 0 amide bonds. The fraction of sp³-hybridized carbons (Fsp3) is 0. The Morgan fingerprint density at radius 1 is 1.24 bits per heavy atom. The molecular formula is C12H8ClN3O. The van der Waals surface area contributed by atoms with E-state index in [1.54, 1.807) is 10.6 Å². The molecule has 0 atom stereocenters. The number of H-pyrrole nitrogens is 1. The number of hydrogen-bond donors (Lipinski definition) is 1. The van der Waals surface area contributed by atoms with Gasteiger partial charge in [-0.05, 0) is 18.2 Å². The lowest BCUT2D eigenvalue weighted by molar-refractivity contribution is 1.07. The van der Waals surface area contributed by atoms with E-state index in [0.717, 1.165) is 5.69 Å². The lowest BCUT2D eigenvalue weighted by Gasteiger charge is -2.05. The molecule has 0 fully saturated rings. The van der Waals surface area contributed by atoms with Crippen molar-refractivity contribution in [1.82, 2.24) is 14.5 Å². The standard InChI is InChI=1S/C12H8ClN3O/c13-10-6-9-11(14-7-15-12(9)17)16(10)8-4-2-1-3-5-8/h1-7H,(H,14,15,17). The Hall–Kier alpha value is -2.07. The van der Waals surface area contributed by atoms with Gasteiger partial charge < -0.3 is 4.98 Å². The van der Waals surface area contributed by atoms with Crippen LogP contribution < -0.4 is 5.56 Å². The molecule has 17 heavy (non-hydrogen) atoms. The monoisotopic (exact) mass is 245 g/mol. The number of halogens is 1. The summed E-state index contributed by atoms with van der Waals surface area (Å²) in [5, 5.41) is 0.955. The molecule has 84 valence electrons. The van der Waals surface area contributed by atoms with Crippen LogP contribution in [0.3, 0.4) is 0 Å². The van der Waals surface area contributed by atoms with Gasteiger partial charge >= 0.3 is 0 Å². The minimum absolute atomic E-state index is 0.188. The molecule has 0 radical (unpaired) electrons. The Balaban J connectivity index is 2.41. The topological polar surface area (TPSA) is 50.7 Å². The summed E-state index contributed by atoms with van der Waals surface area (Å²) in [6.45, 7) is 0. The molecule has 0 spiro atoms. The van der Waals surface area contributed by atoms with Gasteiger partial charge in [0, 0.05) is 5.69 Å². The van der Waals surface area contributed by atoms with Crippen LogP contribution in [0.1, 0.15) is 0 Å². The number of benzene rings is 1. The molecular weight excluding hydrogens is 238 g/mol. The maximum atomic E-state index is 11.6. The summed E-state index contributed by atoms with van der Waals surface area (Å²) in [7, 11) is 0. The molecule has 0 saturated carbocycles. The van der Waals surface area contributed by atoms with Gasteiger partial charge in [0.15, 0.2) is 5.65 Å². The number of nitrogens with zero attached hydrogens (tertiary/aromatic N) is 2. The Bertz CT molecular complexity index is 730. The highest BCUT2D eigenvalue weighted by Gasteiger charge is 2.11. The van der Waals surface area contributed by atoms with Crippen LogP contribution >= 0.6 is 11.6 Å². The van der Waals surface area contributed by atoms with Crippen molar-refractivity contribution >= 4 is 22.6 Å². The van der Waals surface area contributed by atoms with E-state index in [9.17, 15) is 4.79 Å². The zero-order valence-electron chi connectivity index (χ0n) is 8.72. The van der Waals surface area contributed by atoms with Crippen LogP contribution in [0.25, 0.3) is 16.7 Å². The first-order chi connectivity index (χ1) is 8.27. The summed E-state index contributed by atoms with van der Waals surface area (Å²) in [6.07, 6.45) is 1.38. The van der Waals surface area contributed by atoms with E-state index in [2.05, 4.69) is 9.97 Å². The number of para-hydroxylation sites is 1.